The molecule has 1 heterocycles. The van der Waals surface area contributed by atoms with Crippen LogP contribution in [0.5, 0.6) is 0 Å². The minimum absolute atomic E-state index is 0.115. The summed E-state index contributed by atoms with van der Waals surface area (Å²) in [5.41, 5.74) is 4.17. The lowest BCUT2D eigenvalue weighted by molar-refractivity contribution is -0.0485. The quantitative estimate of drug-likeness (QED) is 0.797. The molecule has 0 saturated carbocycles. The summed E-state index contributed by atoms with van der Waals surface area (Å²) in [5.74, 6) is 0.227. The van der Waals surface area contributed by atoms with Gasteiger partial charge in [0.15, 0.2) is 5.78 Å². The van der Waals surface area contributed by atoms with Crippen molar-refractivity contribution in [2.75, 3.05) is 26.7 Å². The van der Waals surface area contributed by atoms with Gasteiger partial charge in [-0.15, -0.1) is 0 Å². The van der Waals surface area contributed by atoms with E-state index in [9.17, 15) is 4.79 Å². The molecule has 0 N–H and O–H groups in total. The number of Topliss-reactive ketones (excluding diaryl/α,β-unsaturated/α-hetero) is 1. The van der Waals surface area contributed by atoms with Crippen LogP contribution in [-0.4, -0.2) is 43.0 Å². The van der Waals surface area contributed by atoms with E-state index in [1.807, 2.05) is 13.8 Å². The van der Waals surface area contributed by atoms with E-state index in [1.165, 1.54) is 5.56 Å². The summed E-state index contributed by atoms with van der Waals surface area (Å²) in [7, 11) is 1.76. The number of ketones is 1. The van der Waals surface area contributed by atoms with Crippen LogP contribution >= 0.6 is 0 Å². The van der Waals surface area contributed by atoms with Gasteiger partial charge >= 0.3 is 0 Å². The molecule has 21 heavy (non-hydrogen) atoms. The van der Waals surface area contributed by atoms with Crippen LogP contribution in [0.15, 0.2) is 12.1 Å². The first-order valence-corrected chi connectivity index (χ1v) is 7.73. The average Bonchev–Trinajstić information content (AvgIpc) is 2.37. The summed E-state index contributed by atoms with van der Waals surface area (Å²) in [6.45, 7) is 10.6. The Hall–Kier alpha value is -1.19. The molecule has 0 aromatic heterocycles. The number of carbonyl (C=O) groups excluding carboxylic acids is 1. The zero-order valence-corrected chi connectivity index (χ0v) is 14.0. The summed E-state index contributed by atoms with van der Waals surface area (Å²) in [6, 6.07) is 4.19. The van der Waals surface area contributed by atoms with Gasteiger partial charge in [-0.1, -0.05) is 17.7 Å². The molecule has 1 aromatic rings. The van der Waals surface area contributed by atoms with Crippen LogP contribution in [0.25, 0.3) is 0 Å². The monoisotopic (exact) mass is 289 g/mol. The number of benzene rings is 1. The van der Waals surface area contributed by atoms with Crippen molar-refractivity contribution in [3.05, 3.63) is 34.4 Å². The van der Waals surface area contributed by atoms with Gasteiger partial charge in [-0.2, -0.15) is 0 Å². The molecule has 1 aliphatic rings. The molecular formula is C18H27NO2. The van der Waals surface area contributed by atoms with Gasteiger partial charge in [0.2, 0.25) is 0 Å². The molecule has 3 heteroatoms. The zero-order chi connectivity index (χ0) is 15.6. The number of carbonyl (C=O) groups is 1. The molecule has 1 saturated heterocycles. The van der Waals surface area contributed by atoms with Crippen LogP contribution in [0.1, 0.15) is 46.8 Å². The van der Waals surface area contributed by atoms with E-state index < -0.39 is 0 Å². The third-order valence-electron chi connectivity index (χ3n) is 4.55. The second-order valence-electron chi connectivity index (χ2n) is 6.67. The fourth-order valence-corrected chi connectivity index (χ4v) is 3.51. The van der Waals surface area contributed by atoms with Crippen LogP contribution in [0.2, 0.25) is 0 Å². The van der Waals surface area contributed by atoms with E-state index in [2.05, 4.69) is 30.9 Å². The first-order chi connectivity index (χ1) is 9.84. The Morgan fingerprint density at radius 1 is 1.29 bits per heavy atom. The van der Waals surface area contributed by atoms with E-state index in [0.717, 1.165) is 42.6 Å². The molecule has 116 valence electrons. The maximum Gasteiger partial charge on any atom is 0.177 e. The smallest absolute Gasteiger partial charge is 0.177 e. The maximum absolute atomic E-state index is 12.7. The number of hydrogen-bond donors (Lipinski definition) is 0. The average molecular weight is 289 g/mol. The topological polar surface area (TPSA) is 29.5 Å². The number of aryl methyl sites for hydroxylation is 3. The van der Waals surface area contributed by atoms with Crippen LogP contribution < -0.4 is 0 Å². The molecule has 3 nitrogen and oxygen atoms in total. The highest BCUT2D eigenvalue weighted by Crippen LogP contribution is 2.24. The lowest BCUT2D eigenvalue weighted by atomic mass is 9.93. The summed E-state index contributed by atoms with van der Waals surface area (Å²) in [6.07, 6.45) is 2.15. The predicted octanol–water partition coefficient (Wildman–Crippen LogP) is 3.30. The maximum atomic E-state index is 12.7. The Balaban J connectivity index is 2.12. The minimum atomic E-state index is -0.115. The Kier molecular flexibility index (Phi) is 4.84. The number of methoxy groups -OCH3 is 1. The predicted molar refractivity (Wildman–Crippen MR) is 86.1 cm³/mol. The molecule has 1 aliphatic heterocycles. The van der Waals surface area contributed by atoms with Gasteiger partial charge in [0.25, 0.3) is 0 Å². The number of rotatable bonds is 4. The molecule has 0 radical (unpaired) electrons. The Morgan fingerprint density at radius 3 is 2.48 bits per heavy atom. The van der Waals surface area contributed by atoms with E-state index in [4.69, 9.17) is 4.74 Å². The van der Waals surface area contributed by atoms with Crippen molar-refractivity contribution in [1.29, 1.82) is 0 Å². The van der Waals surface area contributed by atoms with Gasteiger partial charge in [-0.05, 0) is 58.2 Å². The molecular weight excluding hydrogens is 262 g/mol. The van der Waals surface area contributed by atoms with Crippen LogP contribution in [-0.2, 0) is 4.74 Å². The van der Waals surface area contributed by atoms with E-state index >= 15 is 0 Å². The highest BCUT2D eigenvalue weighted by molar-refractivity contribution is 6.00. The van der Waals surface area contributed by atoms with Crippen molar-refractivity contribution in [2.24, 2.45) is 0 Å². The van der Waals surface area contributed by atoms with Crippen molar-refractivity contribution >= 4 is 5.78 Å². The number of nitrogens with zero attached hydrogens (tertiary/aromatic N) is 1. The first kappa shape index (κ1) is 16.2. The minimum Gasteiger partial charge on any atom is -0.377 e. The third-order valence-corrected chi connectivity index (χ3v) is 4.55. The molecule has 0 amide bonds. The summed E-state index contributed by atoms with van der Waals surface area (Å²) < 4.78 is 5.61. The van der Waals surface area contributed by atoms with E-state index in [1.54, 1.807) is 7.11 Å². The summed E-state index contributed by atoms with van der Waals surface area (Å²) >= 11 is 0. The van der Waals surface area contributed by atoms with E-state index in [-0.39, 0.29) is 11.4 Å². The Morgan fingerprint density at radius 2 is 1.90 bits per heavy atom. The Labute approximate surface area is 128 Å². The largest absolute Gasteiger partial charge is 0.377 e. The van der Waals surface area contributed by atoms with Gasteiger partial charge in [-0.25, -0.2) is 0 Å². The second-order valence-corrected chi connectivity index (χ2v) is 6.67. The fraction of sp³-hybridized carbons (Fsp3) is 0.611. The highest BCUT2D eigenvalue weighted by Gasteiger charge is 2.31. The van der Waals surface area contributed by atoms with Crippen LogP contribution in [0, 0.1) is 20.8 Å². The normalized spacial score (nSPS) is 23.3. The van der Waals surface area contributed by atoms with Crippen LogP contribution in [0.3, 0.4) is 0 Å². The third kappa shape index (κ3) is 3.72. The Bertz CT molecular complexity index is 515. The lowest BCUT2D eigenvalue weighted by Gasteiger charge is -2.39. The second kappa shape index (κ2) is 6.29. The highest BCUT2D eigenvalue weighted by atomic mass is 16.5. The number of hydrogen-bond acceptors (Lipinski definition) is 3. The molecule has 0 bridgehead atoms. The van der Waals surface area contributed by atoms with Crippen molar-refractivity contribution in [2.45, 2.75) is 46.1 Å². The van der Waals surface area contributed by atoms with Crippen molar-refractivity contribution < 1.29 is 9.53 Å². The number of likely N-dealkylation sites (tertiary alicyclic amines) is 1. The van der Waals surface area contributed by atoms with Crippen LogP contribution in [0.4, 0.5) is 0 Å². The fourth-order valence-electron chi connectivity index (χ4n) is 3.51. The number of piperidine rings is 1. The molecule has 1 fully saturated rings. The SMILES string of the molecule is COC1(C)CCCN(CC(=O)c2c(C)cc(C)cc2C)C1. The zero-order valence-electron chi connectivity index (χ0n) is 14.0. The molecule has 0 spiro atoms. The van der Waals surface area contributed by atoms with Gasteiger partial charge in [0, 0.05) is 19.2 Å². The van der Waals surface area contributed by atoms with Gasteiger partial charge in [0.05, 0.1) is 12.1 Å². The summed E-state index contributed by atoms with van der Waals surface area (Å²) in [5, 5.41) is 0. The van der Waals surface area contributed by atoms with Crippen molar-refractivity contribution in [1.82, 2.24) is 4.90 Å². The molecule has 1 aromatic carbocycles. The first-order valence-electron chi connectivity index (χ1n) is 7.73. The van der Waals surface area contributed by atoms with Gasteiger partial charge in [-0.3, -0.25) is 9.69 Å². The van der Waals surface area contributed by atoms with Crippen molar-refractivity contribution in [3.8, 4) is 0 Å². The molecule has 1 unspecified atom stereocenters. The molecule has 2 rings (SSSR count). The molecule has 0 aliphatic carbocycles. The van der Waals surface area contributed by atoms with Gasteiger partial charge in [0.1, 0.15) is 0 Å². The lowest BCUT2D eigenvalue weighted by Crippen LogP contribution is -2.48. The van der Waals surface area contributed by atoms with Crippen molar-refractivity contribution in [3.63, 3.8) is 0 Å². The standard InChI is InChI=1S/C18H27NO2/c1-13-9-14(2)17(15(3)10-13)16(20)11-19-8-6-7-18(4,12-19)21-5/h9-10H,6-8,11-12H2,1-5H3. The summed E-state index contributed by atoms with van der Waals surface area (Å²) in [4.78, 5) is 14.9. The van der Waals surface area contributed by atoms with Gasteiger partial charge < -0.3 is 4.74 Å². The number of ether oxygens (including phenoxy) is 1. The molecule has 1 atom stereocenters. The van der Waals surface area contributed by atoms with E-state index in [0.29, 0.717) is 6.54 Å².